The molecule has 0 spiro atoms. The summed E-state index contributed by atoms with van der Waals surface area (Å²) in [5, 5.41) is 18.7. The number of benzene rings is 2. The van der Waals surface area contributed by atoms with Crippen molar-refractivity contribution in [3.8, 4) is 11.5 Å². The van der Waals surface area contributed by atoms with E-state index in [4.69, 9.17) is 4.74 Å². The van der Waals surface area contributed by atoms with Crippen molar-refractivity contribution in [3.63, 3.8) is 0 Å². The van der Waals surface area contributed by atoms with Crippen molar-refractivity contribution in [1.29, 1.82) is 0 Å². The molecule has 0 amide bonds. The SMILES string of the molecule is Cc1cc(C)c(COC(=O)CCc2ccc(O)c(O)c2)cc1C. The summed E-state index contributed by atoms with van der Waals surface area (Å²) < 4.78 is 5.33. The van der Waals surface area contributed by atoms with Crippen LogP contribution in [0.2, 0.25) is 0 Å². The van der Waals surface area contributed by atoms with E-state index in [2.05, 4.69) is 19.1 Å². The molecule has 0 unspecified atom stereocenters. The van der Waals surface area contributed by atoms with Gasteiger partial charge in [-0.15, -0.1) is 0 Å². The third-order valence-electron chi connectivity index (χ3n) is 4.00. The molecule has 0 atom stereocenters. The Balaban J connectivity index is 1.88. The number of carbonyl (C=O) groups excluding carboxylic acids is 1. The van der Waals surface area contributed by atoms with Gasteiger partial charge in [-0.2, -0.15) is 0 Å². The minimum Gasteiger partial charge on any atom is -0.504 e. The summed E-state index contributed by atoms with van der Waals surface area (Å²) in [4.78, 5) is 11.9. The molecule has 0 radical (unpaired) electrons. The van der Waals surface area contributed by atoms with Gasteiger partial charge in [-0.25, -0.2) is 0 Å². The van der Waals surface area contributed by atoms with Crippen LogP contribution in [0.15, 0.2) is 30.3 Å². The van der Waals surface area contributed by atoms with Gasteiger partial charge in [-0.3, -0.25) is 4.79 Å². The van der Waals surface area contributed by atoms with Crippen LogP contribution in [0.4, 0.5) is 0 Å². The van der Waals surface area contributed by atoms with Crippen LogP contribution in [0.3, 0.4) is 0 Å². The molecular formula is C19H22O4. The molecule has 2 rings (SSSR count). The Kier molecular flexibility index (Phi) is 5.27. The lowest BCUT2D eigenvalue weighted by Gasteiger charge is -2.11. The molecule has 0 aliphatic rings. The van der Waals surface area contributed by atoms with Crippen molar-refractivity contribution >= 4 is 5.97 Å². The summed E-state index contributed by atoms with van der Waals surface area (Å²) in [6.45, 7) is 6.38. The highest BCUT2D eigenvalue weighted by molar-refractivity contribution is 5.69. The maximum absolute atomic E-state index is 11.9. The van der Waals surface area contributed by atoms with E-state index >= 15 is 0 Å². The minimum absolute atomic E-state index is 0.165. The van der Waals surface area contributed by atoms with Crippen LogP contribution in [0, 0.1) is 20.8 Å². The number of esters is 1. The second-order valence-corrected chi connectivity index (χ2v) is 5.85. The van der Waals surface area contributed by atoms with Crippen molar-refractivity contribution in [1.82, 2.24) is 0 Å². The number of aromatic hydroxyl groups is 2. The third-order valence-corrected chi connectivity index (χ3v) is 4.00. The maximum atomic E-state index is 11.9. The van der Waals surface area contributed by atoms with Gasteiger partial charge in [0.25, 0.3) is 0 Å². The predicted octanol–water partition coefficient (Wildman–Crippen LogP) is 3.70. The molecule has 4 nitrogen and oxygen atoms in total. The highest BCUT2D eigenvalue weighted by Gasteiger charge is 2.08. The van der Waals surface area contributed by atoms with E-state index < -0.39 is 0 Å². The second-order valence-electron chi connectivity index (χ2n) is 5.85. The van der Waals surface area contributed by atoms with Gasteiger partial charge in [-0.05, 0) is 67.1 Å². The Morgan fingerprint density at radius 2 is 1.65 bits per heavy atom. The van der Waals surface area contributed by atoms with Crippen LogP contribution in [-0.4, -0.2) is 16.2 Å². The molecule has 2 aromatic rings. The van der Waals surface area contributed by atoms with Crippen LogP contribution in [0.1, 0.15) is 34.2 Å². The molecule has 0 bridgehead atoms. The molecule has 0 heterocycles. The van der Waals surface area contributed by atoms with Crippen molar-refractivity contribution in [2.24, 2.45) is 0 Å². The van der Waals surface area contributed by atoms with Gasteiger partial charge >= 0.3 is 5.97 Å². The first-order valence-electron chi connectivity index (χ1n) is 7.60. The number of hydrogen-bond acceptors (Lipinski definition) is 4. The number of carbonyl (C=O) groups is 1. The number of hydrogen-bond donors (Lipinski definition) is 2. The zero-order chi connectivity index (χ0) is 17.0. The molecule has 2 aromatic carbocycles. The molecule has 4 heteroatoms. The van der Waals surface area contributed by atoms with E-state index in [1.54, 1.807) is 6.07 Å². The van der Waals surface area contributed by atoms with E-state index in [1.165, 1.54) is 23.3 Å². The van der Waals surface area contributed by atoms with E-state index in [-0.39, 0.29) is 30.5 Å². The molecule has 0 saturated carbocycles. The third kappa shape index (κ3) is 4.49. The Hall–Kier alpha value is -2.49. The van der Waals surface area contributed by atoms with Crippen LogP contribution in [0.25, 0.3) is 0 Å². The molecule has 122 valence electrons. The van der Waals surface area contributed by atoms with E-state index in [0.717, 1.165) is 16.7 Å². The van der Waals surface area contributed by atoms with Gasteiger partial charge in [-0.1, -0.05) is 18.2 Å². The summed E-state index contributed by atoms with van der Waals surface area (Å²) >= 11 is 0. The number of aryl methyl sites for hydroxylation is 4. The standard InChI is InChI=1S/C19H22O4/c1-12-8-14(3)16(9-13(12)2)11-23-19(22)7-5-15-4-6-17(20)18(21)10-15/h4,6,8-10,20-21H,5,7,11H2,1-3H3. The molecular weight excluding hydrogens is 292 g/mol. The summed E-state index contributed by atoms with van der Waals surface area (Å²) in [6, 6.07) is 8.69. The van der Waals surface area contributed by atoms with E-state index in [9.17, 15) is 15.0 Å². The second kappa shape index (κ2) is 7.18. The molecule has 0 saturated heterocycles. The summed E-state index contributed by atoms with van der Waals surface area (Å²) in [5.41, 5.74) is 5.32. The Bertz CT molecular complexity index is 720. The predicted molar refractivity (Wildman–Crippen MR) is 88.5 cm³/mol. The van der Waals surface area contributed by atoms with E-state index in [1.807, 2.05) is 13.8 Å². The molecule has 0 fully saturated rings. The Morgan fingerprint density at radius 1 is 0.957 bits per heavy atom. The highest BCUT2D eigenvalue weighted by Crippen LogP contribution is 2.25. The lowest BCUT2D eigenvalue weighted by atomic mass is 10.0. The topological polar surface area (TPSA) is 66.8 Å². The van der Waals surface area contributed by atoms with Crippen molar-refractivity contribution in [2.75, 3.05) is 0 Å². The van der Waals surface area contributed by atoms with Crippen molar-refractivity contribution < 1.29 is 19.7 Å². The zero-order valence-corrected chi connectivity index (χ0v) is 13.7. The normalized spacial score (nSPS) is 10.6. The number of ether oxygens (including phenoxy) is 1. The average Bonchev–Trinajstić information content (AvgIpc) is 2.50. The highest BCUT2D eigenvalue weighted by atomic mass is 16.5. The van der Waals surface area contributed by atoms with Crippen LogP contribution in [0.5, 0.6) is 11.5 Å². The fourth-order valence-corrected chi connectivity index (χ4v) is 2.38. The smallest absolute Gasteiger partial charge is 0.306 e. The first-order chi connectivity index (χ1) is 10.9. The lowest BCUT2D eigenvalue weighted by Crippen LogP contribution is -2.07. The monoisotopic (exact) mass is 314 g/mol. The molecule has 23 heavy (non-hydrogen) atoms. The number of phenolic OH excluding ortho intramolecular Hbond substituents is 2. The number of rotatable bonds is 5. The van der Waals surface area contributed by atoms with Crippen LogP contribution in [-0.2, 0) is 22.6 Å². The Morgan fingerprint density at radius 3 is 2.35 bits per heavy atom. The van der Waals surface area contributed by atoms with Crippen molar-refractivity contribution in [2.45, 2.75) is 40.2 Å². The fraction of sp³-hybridized carbons (Fsp3) is 0.316. The quantitative estimate of drug-likeness (QED) is 0.652. The maximum Gasteiger partial charge on any atom is 0.306 e. The van der Waals surface area contributed by atoms with Gasteiger partial charge in [0.15, 0.2) is 11.5 Å². The van der Waals surface area contributed by atoms with Gasteiger partial charge in [0.1, 0.15) is 6.61 Å². The number of phenols is 2. The fourth-order valence-electron chi connectivity index (χ4n) is 2.38. The Labute approximate surface area is 136 Å². The summed E-state index contributed by atoms with van der Waals surface area (Å²) in [7, 11) is 0. The first kappa shape index (κ1) is 16.9. The molecule has 2 N–H and O–H groups in total. The van der Waals surface area contributed by atoms with Gasteiger partial charge in [0, 0.05) is 6.42 Å². The van der Waals surface area contributed by atoms with Gasteiger partial charge in [0.05, 0.1) is 0 Å². The van der Waals surface area contributed by atoms with Crippen LogP contribution >= 0.6 is 0 Å². The van der Waals surface area contributed by atoms with Gasteiger partial charge < -0.3 is 14.9 Å². The summed E-state index contributed by atoms with van der Waals surface area (Å²) in [6.07, 6.45) is 0.687. The molecule has 0 aliphatic carbocycles. The van der Waals surface area contributed by atoms with Crippen molar-refractivity contribution in [3.05, 3.63) is 58.1 Å². The minimum atomic E-state index is -0.282. The van der Waals surface area contributed by atoms with E-state index in [0.29, 0.717) is 6.42 Å². The zero-order valence-electron chi connectivity index (χ0n) is 13.7. The average molecular weight is 314 g/mol. The first-order valence-corrected chi connectivity index (χ1v) is 7.60. The molecule has 0 aromatic heterocycles. The molecule has 0 aliphatic heterocycles. The lowest BCUT2D eigenvalue weighted by molar-refractivity contribution is -0.144. The van der Waals surface area contributed by atoms with Crippen LogP contribution < -0.4 is 0 Å². The largest absolute Gasteiger partial charge is 0.504 e. The van der Waals surface area contributed by atoms with Gasteiger partial charge in [0.2, 0.25) is 0 Å². The summed E-state index contributed by atoms with van der Waals surface area (Å²) in [5.74, 6) is -0.627.